The highest BCUT2D eigenvalue weighted by molar-refractivity contribution is 7.90. The maximum absolute atomic E-state index is 13.2. The Morgan fingerprint density at radius 2 is 1.85 bits per heavy atom. The van der Waals surface area contributed by atoms with Crippen LogP contribution in [0.4, 0.5) is 24.5 Å². The van der Waals surface area contributed by atoms with Crippen LogP contribution in [0.5, 0.6) is 5.75 Å². The Morgan fingerprint density at radius 1 is 1.10 bits per heavy atom. The van der Waals surface area contributed by atoms with E-state index in [0.29, 0.717) is 34.2 Å². The number of hydrogen-bond acceptors (Lipinski definition) is 8. The summed E-state index contributed by atoms with van der Waals surface area (Å²) in [6.07, 6.45) is -3.77. The van der Waals surface area contributed by atoms with Gasteiger partial charge in [0.05, 0.1) is 17.7 Å². The zero-order valence-corrected chi connectivity index (χ0v) is 21.0. The van der Waals surface area contributed by atoms with Gasteiger partial charge in [-0.15, -0.1) is 13.2 Å². The summed E-state index contributed by atoms with van der Waals surface area (Å²) in [5, 5.41) is 7.31. The summed E-state index contributed by atoms with van der Waals surface area (Å²) in [7, 11) is -4.84. The molecule has 3 aromatic rings. The van der Waals surface area contributed by atoms with Crippen LogP contribution in [0.15, 0.2) is 75.3 Å². The van der Waals surface area contributed by atoms with Gasteiger partial charge in [0, 0.05) is 18.2 Å². The number of sulfonamides is 1. The highest BCUT2D eigenvalue weighted by atomic mass is 32.2. The number of hydrazone groups is 1. The number of nitrogens with zero attached hydrogens (tertiary/aromatic N) is 2. The maximum atomic E-state index is 13.2. The minimum atomic E-state index is -5.25. The van der Waals surface area contributed by atoms with E-state index in [2.05, 4.69) is 15.2 Å². The first-order valence-corrected chi connectivity index (χ1v) is 12.5. The predicted octanol–water partition coefficient (Wildman–Crippen LogP) is 3.65. The molecule has 2 N–H and O–H groups in total. The molecule has 1 aliphatic heterocycles. The lowest BCUT2D eigenvalue weighted by Gasteiger charge is -2.18. The topological polar surface area (TPSA) is 147 Å². The van der Waals surface area contributed by atoms with Crippen LogP contribution in [0.1, 0.15) is 13.8 Å². The molecule has 1 aromatic heterocycles. The molecule has 0 radical (unpaired) electrons. The molecular formula is C24H19F3N4O7S. The van der Waals surface area contributed by atoms with Gasteiger partial charge in [0.2, 0.25) is 11.8 Å². The van der Waals surface area contributed by atoms with E-state index in [1.807, 2.05) is 0 Å². The van der Waals surface area contributed by atoms with Crippen molar-refractivity contribution in [1.82, 2.24) is 4.72 Å². The fourth-order valence-corrected chi connectivity index (χ4v) is 4.89. The molecular weight excluding hydrogens is 545 g/mol. The second-order valence-electron chi connectivity index (χ2n) is 8.21. The molecule has 0 spiro atoms. The highest BCUT2D eigenvalue weighted by Gasteiger charge is 2.41. The Kier molecular flexibility index (Phi) is 7.19. The number of anilines is 2. The lowest BCUT2D eigenvalue weighted by molar-refractivity contribution is -0.275. The maximum Gasteiger partial charge on any atom is 0.573 e. The van der Waals surface area contributed by atoms with E-state index < -0.39 is 50.7 Å². The molecule has 1 aliphatic rings. The molecule has 2 aromatic carbocycles. The molecule has 0 saturated carbocycles. The van der Waals surface area contributed by atoms with E-state index in [4.69, 9.17) is 4.42 Å². The van der Waals surface area contributed by atoms with Gasteiger partial charge in [0.1, 0.15) is 16.4 Å². The lowest BCUT2D eigenvalue weighted by Crippen LogP contribution is -2.36. The number of hydrogen-bond donors (Lipinski definition) is 2. The van der Waals surface area contributed by atoms with E-state index in [1.165, 1.54) is 13.2 Å². The van der Waals surface area contributed by atoms with Crippen molar-refractivity contribution in [2.24, 2.45) is 11.0 Å². The number of alkyl halides is 3. The molecule has 0 bridgehead atoms. The molecule has 1 unspecified atom stereocenters. The first-order chi connectivity index (χ1) is 18.2. The van der Waals surface area contributed by atoms with E-state index in [0.717, 1.165) is 13.0 Å². The van der Waals surface area contributed by atoms with Crippen molar-refractivity contribution in [2.45, 2.75) is 25.1 Å². The van der Waals surface area contributed by atoms with E-state index in [9.17, 15) is 36.0 Å². The van der Waals surface area contributed by atoms with Gasteiger partial charge >= 0.3 is 6.36 Å². The minimum absolute atomic E-state index is 0.0431. The SMILES string of the molecule is CC(=O)NS(=O)(=O)c1cc(N2N=C(C)C(C(=O)Nc3cccc(-c4ccco4)c3)C2=O)ccc1OC(F)(F)F. The van der Waals surface area contributed by atoms with Gasteiger partial charge in [-0.25, -0.2) is 13.1 Å². The van der Waals surface area contributed by atoms with Gasteiger partial charge in [0.25, 0.3) is 15.9 Å². The molecule has 4 rings (SSSR count). The number of rotatable bonds is 7. The van der Waals surface area contributed by atoms with Crippen LogP contribution in [-0.2, 0) is 24.4 Å². The second-order valence-corrected chi connectivity index (χ2v) is 9.86. The zero-order valence-electron chi connectivity index (χ0n) is 20.1. The number of carbonyl (C=O) groups excluding carboxylic acids is 3. The number of carbonyl (C=O) groups is 3. The number of furan rings is 1. The van der Waals surface area contributed by atoms with Gasteiger partial charge in [-0.3, -0.25) is 14.4 Å². The third-order valence-electron chi connectivity index (χ3n) is 5.29. The van der Waals surface area contributed by atoms with Crippen LogP contribution in [0.25, 0.3) is 11.3 Å². The third-order valence-corrected chi connectivity index (χ3v) is 6.75. The molecule has 0 fully saturated rings. The molecule has 1 atom stereocenters. The van der Waals surface area contributed by atoms with Gasteiger partial charge < -0.3 is 14.5 Å². The Balaban J connectivity index is 1.61. The number of nitrogens with one attached hydrogen (secondary N) is 2. The van der Waals surface area contributed by atoms with Gasteiger partial charge in [-0.2, -0.15) is 10.1 Å². The summed E-state index contributed by atoms with van der Waals surface area (Å²) in [4.78, 5) is 36.4. The molecule has 3 amide bonds. The van der Waals surface area contributed by atoms with Crippen molar-refractivity contribution in [3.63, 3.8) is 0 Å². The largest absolute Gasteiger partial charge is 0.573 e. The molecule has 0 aliphatic carbocycles. The molecule has 0 saturated heterocycles. The summed E-state index contributed by atoms with van der Waals surface area (Å²) in [6, 6.07) is 12.3. The third kappa shape index (κ3) is 6.09. The van der Waals surface area contributed by atoms with Crippen LogP contribution in [-0.4, -0.2) is 38.2 Å². The van der Waals surface area contributed by atoms with Crippen LogP contribution in [0, 0.1) is 5.92 Å². The average Bonchev–Trinajstić information content (AvgIpc) is 3.46. The van der Waals surface area contributed by atoms with E-state index in [-0.39, 0.29) is 11.4 Å². The Labute approximate surface area is 219 Å². The normalized spacial score (nSPS) is 15.6. The predicted molar refractivity (Wildman–Crippen MR) is 131 cm³/mol. The first kappa shape index (κ1) is 27.4. The Bertz CT molecular complexity index is 1590. The monoisotopic (exact) mass is 564 g/mol. The van der Waals surface area contributed by atoms with E-state index in [1.54, 1.807) is 41.1 Å². The first-order valence-electron chi connectivity index (χ1n) is 11.0. The average molecular weight is 564 g/mol. The number of benzene rings is 2. The van der Waals surface area contributed by atoms with Crippen molar-refractivity contribution in [3.8, 4) is 17.1 Å². The standard InChI is InChI=1S/C24H19F3N4O7S/c1-13-21(22(33)28-16-6-3-5-15(11-16)18-7-4-10-37-18)23(34)31(29-13)17-8-9-19(38-24(25,26)27)20(12-17)39(35,36)30-14(2)32/h3-12,21H,1-2H3,(H,28,33)(H,30,32). The van der Waals surface area contributed by atoms with Gasteiger partial charge in [0.15, 0.2) is 5.92 Å². The molecule has 2 heterocycles. The summed E-state index contributed by atoms with van der Waals surface area (Å²) in [6.45, 7) is 2.23. The number of ether oxygens (including phenoxy) is 1. The molecule has 204 valence electrons. The summed E-state index contributed by atoms with van der Waals surface area (Å²) in [5.41, 5.74) is 0.774. The lowest BCUT2D eigenvalue weighted by atomic mass is 10.0. The van der Waals surface area contributed by atoms with Gasteiger partial charge in [-0.1, -0.05) is 12.1 Å². The Morgan fingerprint density at radius 3 is 2.49 bits per heavy atom. The van der Waals surface area contributed by atoms with Crippen molar-refractivity contribution in [3.05, 3.63) is 60.9 Å². The number of amides is 3. The fourth-order valence-electron chi connectivity index (χ4n) is 3.75. The van der Waals surface area contributed by atoms with Crippen LogP contribution in [0.3, 0.4) is 0 Å². The second kappa shape index (κ2) is 10.2. The molecule has 39 heavy (non-hydrogen) atoms. The summed E-state index contributed by atoms with van der Waals surface area (Å²) >= 11 is 0. The Hall–Kier alpha value is -4.66. The zero-order chi connectivity index (χ0) is 28.5. The molecule has 15 heteroatoms. The molecule has 11 nitrogen and oxygen atoms in total. The van der Waals surface area contributed by atoms with Crippen LogP contribution >= 0.6 is 0 Å². The minimum Gasteiger partial charge on any atom is -0.464 e. The van der Waals surface area contributed by atoms with Crippen molar-refractivity contribution < 1.29 is 45.1 Å². The van der Waals surface area contributed by atoms with Crippen LogP contribution in [0.2, 0.25) is 0 Å². The summed E-state index contributed by atoms with van der Waals surface area (Å²) in [5.74, 6) is -4.72. The fraction of sp³-hybridized carbons (Fsp3) is 0.167. The summed E-state index contributed by atoms with van der Waals surface area (Å²) < 4.78 is 74.4. The van der Waals surface area contributed by atoms with Crippen LogP contribution < -0.4 is 19.8 Å². The van der Waals surface area contributed by atoms with Crippen molar-refractivity contribution in [1.29, 1.82) is 0 Å². The van der Waals surface area contributed by atoms with Crippen molar-refractivity contribution >= 4 is 44.8 Å². The van der Waals surface area contributed by atoms with E-state index >= 15 is 0 Å². The van der Waals surface area contributed by atoms with Crippen molar-refractivity contribution in [2.75, 3.05) is 10.3 Å². The number of halogens is 3. The smallest absolute Gasteiger partial charge is 0.464 e. The quantitative estimate of drug-likeness (QED) is 0.417. The van der Waals surface area contributed by atoms with Gasteiger partial charge in [-0.05, 0) is 49.4 Å². The highest BCUT2D eigenvalue weighted by Crippen LogP contribution is 2.35.